The molecular formula is C21H36N4O. The molecule has 0 aromatic heterocycles. The summed E-state index contributed by atoms with van der Waals surface area (Å²) in [5.74, 6) is 1.71. The fraction of sp³-hybridized carbons (Fsp3) is 0.571. The number of ether oxygens (including phenoxy) is 1. The molecule has 26 heavy (non-hydrogen) atoms. The van der Waals surface area contributed by atoms with E-state index in [-0.39, 0.29) is 0 Å². The van der Waals surface area contributed by atoms with Crippen LogP contribution in [-0.2, 0) is 6.54 Å². The van der Waals surface area contributed by atoms with E-state index in [2.05, 4.69) is 47.3 Å². The first kappa shape index (κ1) is 22.0. The van der Waals surface area contributed by atoms with Crippen LogP contribution in [0.2, 0.25) is 0 Å². The van der Waals surface area contributed by atoms with Crippen molar-refractivity contribution in [2.24, 2.45) is 4.99 Å². The van der Waals surface area contributed by atoms with E-state index in [0.717, 1.165) is 23.8 Å². The first-order chi connectivity index (χ1) is 12.7. The highest BCUT2D eigenvalue weighted by molar-refractivity contribution is 5.79. The molecule has 0 spiro atoms. The van der Waals surface area contributed by atoms with Gasteiger partial charge in [0.15, 0.2) is 5.96 Å². The molecule has 5 nitrogen and oxygen atoms in total. The van der Waals surface area contributed by atoms with E-state index in [4.69, 9.17) is 4.74 Å². The quantitative estimate of drug-likeness (QED) is 0.245. The van der Waals surface area contributed by atoms with Crippen LogP contribution in [-0.4, -0.2) is 51.7 Å². The van der Waals surface area contributed by atoms with Crippen molar-refractivity contribution >= 4 is 5.96 Å². The predicted molar refractivity (Wildman–Crippen MR) is 112 cm³/mol. The van der Waals surface area contributed by atoms with E-state index in [0.29, 0.717) is 13.2 Å². The molecule has 0 fully saturated rings. The maximum Gasteiger partial charge on any atom is 0.191 e. The second kappa shape index (κ2) is 14.2. The molecule has 0 aliphatic carbocycles. The van der Waals surface area contributed by atoms with Crippen LogP contribution in [0, 0.1) is 0 Å². The molecule has 2 N–H and O–H groups in total. The van der Waals surface area contributed by atoms with Gasteiger partial charge in [0.25, 0.3) is 0 Å². The third-order valence-corrected chi connectivity index (χ3v) is 4.07. The molecule has 146 valence electrons. The summed E-state index contributed by atoms with van der Waals surface area (Å²) in [6, 6.07) is 8.04. The van der Waals surface area contributed by atoms with Gasteiger partial charge in [-0.05, 0) is 39.5 Å². The Balaban J connectivity index is 2.22. The average Bonchev–Trinajstić information content (AvgIpc) is 2.65. The van der Waals surface area contributed by atoms with Gasteiger partial charge in [-0.25, -0.2) is 0 Å². The van der Waals surface area contributed by atoms with Gasteiger partial charge in [0.1, 0.15) is 12.4 Å². The monoisotopic (exact) mass is 360 g/mol. The first-order valence-electron chi connectivity index (χ1n) is 9.58. The van der Waals surface area contributed by atoms with E-state index in [1.165, 1.54) is 38.6 Å². The van der Waals surface area contributed by atoms with Crippen LogP contribution in [0.5, 0.6) is 5.75 Å². The third-order valence-electron chi connectivity index (χ3n) is 4.07. The number of unbranched alkanes of at least 4 members (excludes halogenated alkanes) is 4. The Kier molecular flexibility index (Phi) is 12.0. The lowest BCUT2D eigenvalue weighted by atomic mass is 10.1. The summed E-state index contributed by atoms with van der Waals surface area (Å²) < 4.78 is 5.69. The number of nitrogens with zero attached hydrogens (tertiary/aromatic N) is 2. The van der Waals surface area contributed by atoms with Crippen molar-refractivity contribution in [2.45, 2.75) is 38.6 Å². The molecule has 0 radical (unpaired) electrons. The fourth-order valence-corrected chi connectivity index (χ4v) is 2.63. The van der Waals surface area contributed by atoms with Gasteiger partial charge >= 0.3 is 0 Å². The summed E-state index contributed by atoms with van der Waals surface area (Å²) in [4.78, 5) is 6.54. The summed E-state index contributed by atoms with van der Waals surface area (Å²) in [6.07, 6.45) is 8.09. The zero-order valence-corrected chi connectivity index (χ0v) is 16.8. The number of hydrogen-bond donors (Lipinski definition) is 2. The number of rotatable bonds is 13. The van der Waals surface area contributed by atoms with E-state index in [1.807, 2.05) is 18.2 Å². The molecular weight excluding hydrogens is 324 g/mol. The molecule has 0 atom stereocenters. The molecule has 0 amide bonds. The zero-order chi connectivity index (χ0) is 19.0. The Hall–Kier alpha value is -2.01. The Morgan fingerprint density at radius 2 is 1.85 bits per heavy atom. The van der Waals surface area contributed by atoms with Crippen LogP contribution < -0.4 is 15.4 Å². The molecule has 0 saturated carbocycles. The van der Waals surface area contributed by atoms with Gasteiger partial charge < -0.3 is 20.3 Å². The van der Waals surface area contributed by atoms with Crippen molar-refractivity contribution in [3.63, 3.8) is 0 Å². The number of para-hydroxylation sites is 1. The number of benzene rings is 1. The van der Waals surface area contributed by atoms with Crippen molar-refractivity contribution in [1.82, 2.24) is 15.5 Å². The van der Waals surface area contributed by atoms with Crippen molar-refractivity contribution in [3.05, 3.63) is 42.5 Å². The van der Waals surface area contributed by atoms with Crippen LogP contribution in [0.1, 0.15) is 37.7 Å². The van der Waals surface area contributed by atoms with E-state index in [9.17, 15) is 0 Å². The standard InChI is InChI=1S/C21H36N4O/c1-5-17-26-20-14-10-9-13-19(20)18-24-21(22-2)23-15-11-7-6-8-12-16-25(3)4/h5,9-10,13-14H,1,6-8,11-12,15-18H2,2-4H3,(H2,22,23,24). The average molecular weight is 361 g/mol. The lowest BCUT2D eigenvalue weighted by Gasteiger charge is -2.14. The van der Waals surface area contributed by atoms with Gasteiger partial charge in [-0.3, -0.25) is 4.99 Å². The Labute approximate surface area is 159 Å². The molecule has 0 bridgehead atoms. The summed E-state index contributed by atoms with van der Waals surface area (Å²) in [7, 11) is 6.07. The van der Waals surface area contributed by atoms with Crippen LogP contribution in [0.4, 0.5) is 0 Å². The Morgan fingerprint density at radius 3 is 2.58 bits per heavy atom. The predicted octanol–water partition coefficient (Wildman–Crippen LogP) is 3.43. The van der Waals surface area contributed by atoms with Crippen LogP contribution in [0.3, 0.4) is 0 Å². The van der Waals surface area contributed by atoms with Crippen molar-refractivity contribution in [2.75, 3.05) is 40.8 Å². The van der Waals surface area contributed by atoms with Gasteiger partial charge in [-0.1, -0.05) is 50.1 Å². The number of hydrogen-bond acceptors (Lipinski definition) is 3. The highest BCUT2D eigenvalue weighted by atomic mass is 16.5. The Bertz CT molecular complexity index is 528. The number of aliphatic imine (C=N–C) groups is 1. The van der Waals surface area contributed by atoms with Crippen LogP contribution in [0.15, 0.2) is 41.9 Å². The number of nitrogens with one attached hydrogen (secondary N) is 2. The Morgan fingerprint density at radius 1 is 1.12 bits per heavy atom. The molecule has 0 aliphatic heterocycles. The lowest BCUT2D eigenvalue weighted by Crippen LogP contribution is -2.37. The van der Waals surface area contributed by atoms with Gasteiger partial charge in [0.05, 0.1) is 0 Å². The molecule has 1 aromatic carbocycles. The number of guanidine groups is 1. The lowest BCUT2D eigenvalue weighted by molar-refractivity contribution is 0.358. The summed E-state index contributed by atoms with van der Waals surface area (Å²) in [6.45, 7) is 7.02. The molecule has 1 aromatic rings. The smallest absolute Gasteiger partial charge is 0.191 e. The summed E-state index contributed by atoms with van der Waals surface area (Å²) in [5.41, 5.74) is 1.11. The first-order valence-corrected chi connectivity index (χ1v) is 9.58. The molecule has 0 unspecified atom stereocenters. The minimum Gasteiger partial charge on any atom is -0.489 e. The van der Waals surface area contributed by atoms with Gasteiger partial charge in [0.2, 0.25) is 0 Å². The van der Waals surface area contributed by atoms with Crippen molar-refractivity contribution in [1.29, 1.82) is 0 Å². The fourth-order valence-electron chi connectivity index (χ4n) is 2.63. The third kappa shape index (κ3) is 10.1. The second-order valence-electron chi connectivity index (χ2n) is 6.63. The topological polar surface area (TPSA) is 48.9 Å². The molecule has 0 saturated heterocycles. The van der Waals surface area contributed by atoms with Gasteiger partial charge in [-0.15, -0.1) is 0 Å². The van der Waals surface area contributed by atoms with Gasteiger partial charge in [0, 0.05) is 25.7 Å². The summed E-state index contributed by atoms with van der Waals surface area (Å²) in [5, 5.41) is 6.74. The molecule has 0 aliphatic rings. The van der Waals surface area contributed by atoms with Gasteiger partial charge in [-0.2, -0.15) is 0 Å². The maximum atomic E-state index is 5.69. The van der Waals surface area contributed by atoms with E-state index in [1.54, 1.807) is 13.1 Å². The molecule has 5 heteroatoms. The minimum absolute atomic E-state index is 0.512. The highest BCUT2D eigenvalue weighted by Gasteiger charge is 2.04. The molecule has 0 heterocycles. The zero-order valence-electron chi connectivity index (χ0n) is 16.8. The highest BCUT2D eigenvalue weighted by Crippen LogP contribution is 2.17. The maximum absolute atomic E-state index is 5.69. The molecule has 1 rings (SSSR count). The van der Waals surface area contributed by atoms with Crippen molar-refractivity contribution < 1.29 is 4.74 Å². The minimum atomic E-state index is 0.512. The van der Waals surface area contributed by atoms with Crippen molar-refractivity contribution in [3.8, 4) is 5.75 Å². The normalized spacial score (nSPS) is 11.5. The van der Waals surface area contributed by atoms with E-state index < -0.39 is 0 Å². The SMILES string of the molecule is C=CCOc1ccccc1CNC(=NC)NCCCCCCCN(C)C. The second-order valence-corrected chi connectivity index (χ2v) is 6.63. The van der Waals surface area contributed by atoms with Crippen LogP contribution >= 0.6 is 0 Å². The van der Waals surface area contributed by atoms with Crippen LogP contribution in [0.25, 0.3) is 0 Å². The van der Waals surface area contributed by atoms with E-state index >= 15 is 0 Å². The largest absolute Gasteiger partial charge is 0.489 e. The summed E-state index contributed by atoms with van der Waals surface area (Å²) >= 11 is 0.